The van der Waals surface area contributed by atoms with Crippen molar-refractivity contribution in [2.45, 2.75) is 11.9 Å². The van der Waals surface area contributed by atoms with Crippen molar-refractivity contribution in [3.8, 4) is 5.75 Å². The molecule has 0 radical (unpaired) electrons. The van der Waals surface area contributed by atoms with E-state index in [-0.39, 0.29) is 16.3 Å². The predicted octanol–water partition coefficient (Wildman–Crippen LogP) is 1.23. The van der Waals surface area contributed by atoms with Crippen LogP contribution >= 0.6 is 0 Å². The second-order valence-corrected chi connectivity index (χ2v) is 5.81. The van der Waals surface area contributed by atoms with E-state index in [1.165, 1.54) is 25.3 Å². The zero-order valence-electron chi connectivity index (χ0n) is 11.2. The normalized spacial score (nSPS) is 11.1. The molecule has 21 heavy (non-hydrogen) atoms. The van der Waals surface area contributed by atoms with Crippen LogP contribution < -0.4 is 9.46 Å². The molecule has 0 saturated carbocycles. The summed E-state index contributed by atoms with van der Waals surface area (Å²) in [5.74, 6) is -0.492. The number of aromatic nitrogens is 2. The molecule has 1 aromatic carbocycles. The fraction of sp³-hybridized carbons (Fsp3) is 0.167. The standard InChI is InChI=1S/C12H13N3O5S/c1-7-13-6-11(14-7)21(18,19)15-10-5-8(20-2)3-4-9(10)12(16)17/h3-6,15H,1-2H3,(H,13,14)(H,16,17). The lowest BCUT2D eigenvalue weighted by atomic mass is 10.2. The van der Waals surface area contributed by atoms with Crippen LogP contribution in [0, 0.1) is 6.92 Å². The Morgan fingerprint density at radius 1 is 1.43 bits per heavy atom. The highest BCUT2D eigenvalue weighted by molar-refractivity contribution is 7.92. The van der Waals surface area contributed by atoms with Crippen molar-refractivity contribution in [3.63, 3.8) is 0 Å². The van der Waals surface area contributed by atoms with Crippen LogP contribution in [0.2, 0.25) is 0 Å². The SMILES string of the molecule is COc1ccc(C(=O)O)c(NS(=O)(=O)c2cnc(C)[nH]2)c1. The molecule has 0 aliphatic carbocycles. The molecule has 112 valence electrons. The third kappa shape index (κ3) is 3.14. The van der Waals surface area contributed by atoms with Crippen molar-refractivity contribution in [1.82, 2.24) is 9.97 Å². The molecule has 0 unspecified atom stereocenters. The monoisotopic (exact) mass is 311 g/mol. The van der Waals surface area contributed by atoms with Crippen molar-refractivity contribution in [2.24, 2.45) is 0 Å². The van der Waals surface area contributed by atoms with Crippen molar-refractivity contribution in [1.29, 1.82) is 0 Å². The number of hydrogen-bond donors (Lipinski definition) is 3. The number of imidazole rings is 1. The summed E-state index contributed by atoms with van der Waals surface area (Å²) in [7, 11) is -2.57. The summed E-state index contributed by atoms with van der Waals surface area (Å²) < 4.78 is 31.5. The first-order chi connectivity index (χ1) is 9.83. The lowest BCUT2D eigenvalue weighted by molar-refractivity contribution is 0.0698. The molecule has 0 atom stereocenters. The van der Waals surface area contributed by atoms with Crippen LogP contribution in [0.4, 0.5) is 5.69 Å². The van der Waals surface area contributed by atoms with Gasteiger partial charge in [-0.05, 0) is 19.1 Å². The first kappa shape index (κ1) is 14.9. The molecule has 0 spiro atoms. The van der Waals surface area contributed by atoms with Gasteiger partial charge in [-0.1, -0.05) is 0 Å². The highest BCUT2D eigenvalue weighted by Gasteiger charge is 2.20. The summed E-state index contributed by atoms with van der Waals surface area (Å²) >= 11 is 0. The van der Waals surface area contributed by atoms with Crippen molar-refractivity contribution in [3.05, 3.63) is 35.8 Å². The number of carboxylic acid groups (broad SMARTS) is 1. The minimum atomic E-state index is -3.96. The van der Waals surface area contributed by atoms with Gasteiger partial charge in [0.15, 0.2) is 5.03 Å². The number of benzene rings is 1. The third-order valence-corrected chi connectivity index (χ3v) is 3.95. The quantitative estimate of drug-likeness (QED) is 0.763. The molecular formula is C12H13N3O5S. The van der Waals surface area contributed by atoms with Gasteiger partial charge in [-0.2, -0.15) is 8.42 Å². The Kier molecular flexibility index (Phi) is 3.85. The average Bonchev–Trinajstić information content (AvgIpc) is 2.85. The Bertz CT molecular complexity index is 782. The van der Waals surface area contributed by atoms with E-state index in [9.17, 15) is 13.2 Å². The minimum Gasteiger partial charge on any atom is -0.497 e. The molecule has 9 heteroatoms. The third-order valence-electron chi connectivity index (χ3n) is 2.67. The largest absolute Gasteiger partial charge is 0.497 e. The zero-order chi connectivity index (χ0) is 15.6. The van der Waals surface area contributed by atoms with E-state index < -0.39 is 16.0 Å². The van der Waals surface area contributed by atoms with Gasteiger partial charge < -0.3 is 14.8 Å². The number of ether oxygens (including phenoxy) is 1. The van der Waals surface area contributed by atoms with Crippen molar-refractivity contribution >= 4 is 21.7 Å². The van der Waals surface area contributed by atoms with E-state index in [0.717, 1.165) is 6.20 Å². The van der Waals surface area contributed by atoms with Gasteiger partial charge in [-0.25, -0.2) is 9.78 Å². The predicted molar refractivity (Wildman–Crippen MR) is 74.1 cm³/mol. The van der Waals surface area contributed by atoms with Gasteiger partial charge in [0.05, 0.1) is 24.6 Å². The fourth-order valence-corrected chi connectivity index (χ4v) is 2.70. The number of hydrogen-bond acceptors (Lipinski definition) is 5. The number of anilines is 1. The fourth-order valence-electron chi connectivity index (χ4n) is 1.66. The van der Waals surface area contributed by atoms with Gasteiger partial charge in [0, 0.05) is 6.07 Å². The first-order valence-corrected chi connectivity index (χ1v) is 7.27. The number of rotatable bonds is 5. The average molecular weight is 311 g/mol. The second kappa shape index (κ2) is 5.44. The second-order valence-electron chi connectivity index (χ2n) is 4.16. The van der Waals surface area contributed by atoms with Crippen molar-refractivity contribution < 1.29 is 23.1 Å². The van der Waals surface area contributed by atoms with Crippen LogP contribution in [0.25, 0.3) is 0 Å². The van der Waals surface area contributed by atoms with E-state index >= 15 is 0 Å². The number of aromatic carboxylic acids is 1. The highest BCUT2D eigenvalue weighted by atomic mass is 32.2. The number of methoxy groups -OCH3 is 1. The summed E-state index contributed by atoms with van der Waals surface area (Å²) in [6.07, 6.45) is 1.15. The van der Waals surface area contributed by atoms with Gasteiger partial charge in [0.2, 0.25) is 0 Å². The molecule has 0 fully saturated rings. The molecule has 3 N–H and O–H groups in total. The Morgan fingerprint density at radius 3 is 2.67 bits per heavy atom. The van der Waals surface area contributed by atoms with Gasteiger partial charge in [0.25, 0.3) is 10.0 Å². The molecule has 2 rings (SSSR count). The molecule has 0 amide bonds. The number of nitrogens with zero attached hydrogens (tertiary/aromatic N) is 1. The number of aromatic amines is 1. The van der Waals surface area contributed by atoms with E-state index in [1.54, 1.807) is 6.92 Å². The maximum absolute atomic E-state index is 12.2. The number of H-pyrrole nitrogens is 1. The van der Waals surface area contributed by atoms with Crippen LogP contribution in [0.1, 0.15) is 16.2 Å². The van der Waals surface area contributed by atoms with Gasteiger partial charge in [-0.3, -0.25) is 4.72 Å². The summed E-state index contributed by atoms with van der Waals surface area (Å²) in [6, 6.07) is 3.99. The number of sulfonamides is 1. The van der Waals surface area contributed by atoms with E-state index in [4.69, 9.17) is 9.84 Å². The Balaban J connectivity index is 2.44. The van der Waals surface area contributed by atoms with E-state index in [0.29, 0.717) is 11.6 Å². The molecule has 8 nitrogen and oxygen atoms in total. The maximum atomic E-state index is 12.2. The van der Waals surface area contributed by atoms with Gasteiger partial charge >= 0.3 is 5.97 Å². The Hall–Kier alpha value is -2.55. The van der Waals surface area contributed by atoms with Gasteiger partial charge in [0.1, 0.15) is 11.6 Å². The molecule has 1 aromatic heterocycles. The number of nitrogens with one attached hydrogen (secondary N) is 2. The Labute approximate surface area is 120 Å². The zero-order valence-corrected chi connectivity index (χ0v) is 12.1. The Morgan fingerprint density at radius 2 is 2.14 bits per heavy atom. The van der Waals surface area contributed by atoms with Crippen LogP contribution in [0.5, 0.6) is 5.75 Å². The number of carboxylic acids is 1. The van der Waals surface area contributed by atoms with E-state index in [2.05, 4.69) is 14.7 Å². The summed E-state index contributed by atoms with van der Waals surface area (Å²) in [6.45, 7) is 1.60. The van der Waals surface area contributed by atoms with Crippen LogP contribution in [-0.2, 0) is 10.0 Å². The molecular weight excluding hydrogens is 298 g/mol. The molecule has 2 aromatic rings. The number of aryl methyl sites for hydroxylation is 1. The topological polar surface area (TPSA) is 121 Å². The molecule has 0 saturated heterocycles. The van der Waals surface area contributed by atoms with Crippen LogP contribution in [0.3, 0.4) is 0 Å². The summed E-state index contributed by atoms with van der Waals surface area (Å²) in [4.78, 5) is 17.5. The lowest BCUT2D eigenvalue weighted by Gasteiger charge is -2.10. The molecule has 1 heterocycles. The smallest absolute Gasteiger partial charge is 0.337 e. The molecule has 0 aliphatic rings. The van der Waals surface area contributed by atoms with Crippen molar-refractivity contribution in [2.75, 3.05) is 11.8 Å². The summed E-state index contributed by atoms with van der Waals surface area (Å²) in [5.41, 5.74) is -0.273. The van der Waals surface area contributed by atoms with Crippen LogP contribution in [-0.4, -0.2) is 36.6 Å². The molecule has 0 bridgehead atoms. The minimum absolute atomic E-state index is 0.0888. The molecule has 0 aliphatic heterocycles. The highest BCUT2D eigenvalue weighted by Crippen LogP contribution is 2.25. The van der Waals surface area contributed by atoms with Crippen LogP contribution in [0.15, 0.2) is 29.4 Å². The maximum Gasteiger partial charge on any atom is 0.337 e. The number of carbonyl (C=O) groups is 1. The van der Waals surface area contributed by atoms with Gasteiger partial charge in [-0.15, -0.1) is 0 Å². The first-order valence-electron chi connectivity index (χ1n) is 5.79. The van der Waals surface area contributed by atoms with E-state index in [1.807, 2.05) is 0 Å². The lowest BCUT2D eigenvalue weighted by Crippen LogP contribution is -2.16. The summed E-state index contributed by atoms with van der Waals surface area (Å²) in [5, 5.41) is 8.95.